The molecule has 1 aromatic carbocycles. The van der Waals surface area contributed by atoms with Gasteiger partial charge >= 0.3 is 0 Å². The van der Waals surface area contributed by atoms with Crippen molar-refractivity contribution in [2.75, 3.05) is 11.9 Å². The molecule has 2 aromatic heterocycles. The number of rotatable bonds is 3. The zero-order valence-electron chi connectivity index (χ0n) is 16.1. The predicted octanol–water partition coefficient (Wildman–Crippen LogP) is 1.97. The molecule has 0 radical (unpaired) electrons. The fourth-order valence-electron chi connectivity index (χ4n) is 3.71. The number of benzene rings is 1. The molecule has 3 N–H and O–H groups in total. The minimum atomic E-state index is -3.31. The number of hydrogen-bond donors (Lipinski definition) is 3. The van der Waals surface area contributed by atoms with Crippen molar-refractivity contribution in [1.82, 2.24) is 15.3 Å². The molecule has 1 atom stereocenters. The van der Waals surface area contributed by atoms with E-state index in [1.54, 1.807) is 25.1 Å². The lowest BCUT2D eigenvalue weighted by atomic mass is 10.1. The summed E-state index contributed by atoms with van der Waals surface area (Å²) < 4.78 is 29.5. The van der Waals surface area contributed by atoms with Gasteiger partial charge in [0.05, 0.1) is 22.1 Å². The Bertz CT molecular complexity index is 1450. The molecule has 0 saturated heterocycles. The number of hydrogen-bond acceptors (Lipinski definition) is 8. The summed E-state index contributed by atoms with van der Waals surface area (Å²) in [4.78, 5) is 44.3. The van der Waals surface area contributed by atoms with Crippen LogP contribution in [0.2, 0.25) is 0 Å². The molecule has 0 fully saturated rings. The van der Waals surface area contributed by atoms with Gasteiger partial charge in [0.1, 0.15) is 10.6 Å². The van der Waals surface area contributed by atoms with Crippen molar-refractivity contribution in [2.24, 2.45) is 0 Å². The Balaban J connectivity index is 0.00000136. The molecule has 4 heterocycles. The second kappa shape index (κ2) is 6.89. The zero-order chi connectivity index (χ0) is 21.9. The van der Waals surface area contributed by atoms with Crippen LogP contribution in [0.5, 0.6) is 5.75 Å². The molecule has 1 unspecified atom stereocenters. The number of nitrogens with zero attached hydrogens (tertiary/aromatic N) is 1. The Morgan fingerprint density at radius 3 is 3.00 bits per heavy atom. The molecule has 5 rings (SSSR count). The maximum absolute atomic E-state index is 12.6. The van der Waals surface area contributed by atoms with E-state index in [-0.39, 0.29) is 40.3 Å². The first-order chi connectivity index (χ1) is 14.7. The van der Waals surface area contributed by atoms with E-state index in [4.69, 9.17) is 4.74 Å². The van der Waals surface area contributed by atoms with E-state index >= 15 is 0 Å². The second-order valence-electron chi connectivity index (χ2n) is 7.33. The van der Waals surface area contributed by atoms with Crippen LogP contribution < -0.4 is 20.9 Å². The topological polar surface area (TPSA) is 147 Å². The first-order valence-electron chi connectivity index (χ1n) is 9.34. The van der Waals surface area contributed by atoms with Gasteiger partial charge in [-0.2, -0.15) is 0 Å². The van der Waals surface area contributed by atoms with Crippen molar-refractivity contribution in [2.45, 2.75) is 24.5 Å². The molecule has 0 bridgehead atoms. The molecule has 166 valence electrons. The van der Waals surface area contributed by atoms with Gasteiger partial charge in [-0.3, -0.25) is 14.4 Å². The minimum Gasteiger partial charge on any atom is -0.482 e. The summed E-state index contributed by atoms with van der Waals surface area (Å²) in [6.07, 6.45) is 0. The third-order valence-corrected chi connectivity index (χ3v) is 8.58. The number of sulfone groups is 1. The van der Waals surface area contributed by atoms with Crippen LogP contribution >= 0.6 is 11.3 Å². The number of anilines is 1. The Kier molecular flexibility index (Phi) is 4.38. The van der Waals surface area contributed by atoms with Crippen molar-refractivity contribution >= 4 is 48.9 Å². The highest BCUT2D eigenvalue weighted by molar-refractivity contribution is 7.91. The lowest BCUT2D eigenvalue weighted by Crippen LogP contribution is -2.28. The fraction of sp³-hybridized carbons (Fsp3) is 0.263. The zero-order valence-corrected chi connectivity index (χ0v) is 17.8. The van der Waals surface area contributed by atoms with Crippen molar-refractivity contribution < 1.29 is 27.0 Å². The average molecular weight is 467 g/mol. The Labute approximate surface area is 184 Å². The molecule has 12 heteroatoms. The standard InChI is InChI=1S/C19H16N4O6S2.3H2/c1-8-14-12(7-31(8,27)28)30-19-15(14)17(25)22-16(23-19)18(26)20-5-9-2-3-11-10(4-9)21-13(24)6-29-11;;;/h2-4,8H,5-7H2,1H3,(H,20,26)(H,21,24)(H,22,23,25);3*1H. The molecule has 2 amide bonds. The number of ether oxygens (including phenoxy) is 1. The number of thiophene rings is 1. The van der Waals surface area contributed by atoms with E-state index in [9.17, 15) is 22.8 Å². The number of fused-ring (bicyclic) bond motifs is 4. The normalized spacial score (nSPS) is 18.7. The van der Waals surface area contributed by atoms with Crippen molar-refractivity contribution in [3.05, 3.63) is 50.4 Å². The third kappa shape index (κ3) is 3.27. The Morgan fingerprint density at radius 1 is 1.39 bits per heavy atom. The van der Waals surface area contributed by atoms with Crippen molar-refractivity contribution in [1.29, 1.82) is 0 Å². The molecule has 2 aliphatic rings. The van der Waals surface area contributed by atoms with E-state index in [2.05, 4.69) is 20.6 Å². The summed E-state index contributed by atoms with van der Waals surface area (Å²) in [7, 11) is -3.31. The fourth-order valence-corrected chi connectivity index (χ4v) is 6.97. The van der Waals surface area contributed by atoms with Crippen LogP contribution in [-0.2, 0) is 26.9 Å². The van der Waals surface area contributed by atoms with Crippen LogP contribution in [0.4, 0.5) is 5.69 Å². The van der Waals surface area contributed by atoms with Gasteiger partial charge in [-0.15, -0.1) is 11.3 Å². The smallest absolute Gasteiger partial charge is 0.287 e. The number of H-pyrrole nitrogens is 1. The van der Waals surface area contributed by atoms with Gasteiger partial charge in [-0.05, 0) is 30.2 Å². The van der Waals surface area contributed by atoms with Gasteiger partial charge in [0, 0.05) is 15.7 Å². The summed E-state index contributed by atoms with van der Waals surface area (Å²) >= 11 is 1.12. The number of nitrogens with one attached hydrogen (secondary N) is 3. The lowest BCUT2D eigenvalue weighted by molar-refractivity contribution is -0.118. The van der Waals surface area contributed by atoms with Gasteiger partial charge in [0.2, 0.25) is 5.82 Å². The van der Waals surface area contributed by atoms with Crippen LogP contribution in [0.25, 0.3) is 10.2 Å². The predicted molar refractivity (Wildman–Crippen MR) is 119 cm³/mol. The van der Waals surface area contributed by atoms with Crippen LogP contribution in [0.1, 0.15) is 43.1 Å². The van der Waals surface area contributed by atoms with Gasteiger partial charge in [-0.25, -0.2) is 13.4 Å². The summed E-state index contributed by atoms with van der Waals surface area (Å²) in [6, 6.07) is 5.14. The minimum absolute atomic E-state index is 0. The van der Waals surface area contributed by atoms with E-state index in [1.165, 1.54) is 0 Å². The quantitative estimate of drug-likeness (QED) is 0.534. The first-order valence-corrected chi connectivity index (χ1v) is 11.9. The van der Waals surface area contributed by atoms with Gasteiger partial charge in [-0.1, -0.05) is 6.07 Å². The average Bonchev–Trinajstić information content (AvgIpc) is 3.18. The summed E-state index contributed by atoms with van der Waals surface area (Å²) in [5, 5.41) is 4.84. The molecule has 2 aliphatic heterocycles. The van der Waals surface area contributed by atoms with E-state index < -0.39 is 26.6 Å². The van der Waals surface area contributed by atoms with E-state index in [1.807, 2.05) is 0 Å². The van der Waals surface area contributed by atoms with Crippen LogP contribution in [0.15, 0.2) is 23.0 Å². The summed E-state index contributed by atoms with van der Waals surface area (Å²) in [6.45, 7) is 1.65. The Hall–Kier alpha value is -3.25. The van der Waals surface area contributed by atoms with Crippen LogP contribution in [0, 0.1) is 0 Å². The second-order valence-corrected chi connectivity index (χ2v) is 10.7. The maximum Gasteiger partial charge on any atom is 0.287 e. The SMILES string of the molecule is CC1c2c(sc3nc(C(=O)NCc4ccc5c(c4)NC(=O)CO5)[nH]c(=O)c23)CS1(=O)=O.[HH].[HH].[HH]. The maximum atomic E-state index is 12.6. The highest BCUT2D eigenvalue weighted by atomic mass is 32.2. The highest BCUT2D eigenvalue weighted by Gasteiger charge is 2.38. The third-order valence-electron chi connectivity index (χ3n) is 5.30. The van der Waals surface area contributed by atoms with E-state index in [0.717, 1.165) is 16.9 Å². The lowest BCUT2D eigenvalue weighted by Gasteiger charge is -2.18. The number of aromatic nitrogens is 2. The van der Waals surface area contributed by atoms with Crippen molar-refractivity contribution in [3.8, 4) is 5.75 Å². The Morgan fingerprint density at radius 2 is 2.19 bits per heavy atom. The number of carbonyl (C=O) groups excluding carboxylic acids is 2. The molecule has 10 nitrogen and oxygen atoms in total. The van der Waals surface area contributed by atoms with Crippen LogP contribution in [-0.4, -0.2) is 36.8 Å². The monoisotopic (exact) mass is 466 g/mol. The van der Waals surface area contributed by atoms with Gasteiger partial charge in [0.15, 0.2) is 16.4 Å². The highest BCUT2D eigenvalue weighted by Crippen LogP contribution is 2.43. The molecule has 31 heavy (non-hydrogen) atoms. The van der Waals surface area contributed by atoms with Crippen LogP contribution in [0.3, 0.4) is 0 Å². The molecule has 0 spiro atoms. The summed E-state index contributed by atoms with van der Waals surface area (Å²) in [5.74, 6) is -0.556. The first kappa shape index (κ1) is 19.7. The number of carbonyl (C=O) groups is 2. The largest absolute Gasteiger partial charge is 0.482 e. The molecule has 0 saturated carbocycles. The molecular weight excluding hydrogens is 444 g/mol. The number of amides is 2. The van der Waals surface area contributed by atoms with Crippen molar-refractivity contribution in [3.63, 3.8) is 0 Å². The number of aromatic amines is 1. The van der Waals surface area contributed by atoms with Gasteiger partial charge in [0.25, 0.3) is 17.4 Å². The summed E-state index contributed by atoms with van der Waals surface area (Å²) in [5.41, 5.74) is 1.19. The molecule has 3 aromatic rings. The molecule has 0 aliphatic carbocycles. The molecular formula is C19H22N4O6S2. The van der Waals surface area contributed by atoms with Gasteiger partial charge < -0.3 is 20.4 Å². The van der Waals surface area contributed by atoms with E-state index in [0.29, 0.717) is 26.7 Å².